The topological polar surface area (TPSA) is 95.3 Å². The van der Waals surface area contributed by atoms with Gasteiger partial charge in [0.05, 0.1) is 12.2 Å². The quantitative estimate of drug-likeness (QED) is 0.710. The zero-order valence-electron chi connectivity index (χ0n) is 14.7. The van der Waals surface area contributed by atoms with Gasteiger partial charge in [0, 0.05) is 13.1 Å². The van der Waals surface area contributed by atoms with Gasteiger partial charge in [-0.2, -0.15) is 0 Å². The van der Waals surface area contributed by atoms with Crippen LogP contribution in [-0.4, -0.2) is 55.9 Å². The van der Waals surface area contributed by atoms with Gasteiger partial charge in [-0.1, -0.05) is 47.6 Å². The summed E-state index contributed by atoms with van der Waals surface area (Å²) >= 11 is 16.4. The fourth-order valence-electron chi connectivity index (χ4n) is 2.63. The standard InChI is InChI=1S/C8H10ClN3O.C5H10O.C4H2Cl2N2/c9-7-1-2-8(11-10-7)12-4-3-6(13)5-12;6-5-3-1-2-4-5;5-3-1-2-4(6)8-7-3/h1-2,6,13H,3-5H2;5-6H,1-4H2;1-2H/t6-;;/m1../s1. The van der Waals surface area contributed by atoms with E-state index < -0.39 is 0 Å². The smallest absolute Gasteiger partial charge is 0.151 e. The fraction of sp³-hybridized carbons (Fsp3) is 0.529. The highest BCUT2D eigenvalue weighted by Gasteiger charge is 2.21. The van der Waals surface area contributed by atoms with Crippen LogP contribution in [0.3, 0.4) is 0 Å². The lowest BCUT2D eigenvalue weighted by molar-refractivity contribution is 0.183. The number of hydrogen-bond donors (Lipinski definition) is 2. The predicted molar refractivity (Wildman–Crippen MR) is 106 cm³/mol. The summed E-state index contributed by atoms with van der Waals surface area (Å²) in [6.45, 7) is 1.47. The normalized spacial score (nSPS) is 19.1. The molecule has 4 rings (SSSR count). The third-order valence-electron chi connectivity index (χ3n) is 4.03. The Bertz CT molecular complexity index is 648. The second-order valence-corrected chi connectivity index (χ2v) is 7.38. The minimum atomic E-state index is -0.238. The molecular formula is C17H22Cl3N5O2. The molecule has 148 valence electrons. The molecule has 1 saturated heterocycles. The summed E-state index contributed by atoms with van der Waals surface area (Å²) in [6.07, 6.45) is 5.16. The Kier molecular flexibility index (Phi) is 9.44. The molecule has 27 heavy (non-hydrogen) atoms. The maximum atomic E-state index is 9.30. The Morgan fingerprint density at radius 1 is 0.741 bits per heavy atom. The maximum absolute atomic E-state index is 9.30. The van der Waals surface area contributed by atoms with Crippen LogP contribution in [0.5, 0.6) is 0 Å². The van der Waals surface area contributed by atoms with Gasteiger partial charge in [0.25, 0.3) is 0 Å². The Hall–Kier alpha value is -1.25. The first kappa shape index (κ1) is 22.0. The Labute approximate surface area is 173 Å². The summed E-state index contributed by atoms with van der Waals surface area (Å²) in [4.78, 5) is 1.99. The molecule has 10 heteroatoms. The van der Waals surface area contributed by atoms with Crippen LogP contribution in [0.15, 0.2) is 24.3 Å². The molecule has 1 atom stereocenters. The zero-order valence-corrected chi connectivity index (χ0v) is 16.9. The number of hydrogen-bond acceptors (Lipinski definition) is 7. The molecule has 0 radical (unpaired) electrons. The molecule has 0 bridgehead atoms. The number of nitrogens with zero attached hydrogens (tertiary/aromatic N) is 5. The van der Waals surface area contributed by atoms with Crippen LogP contribution in [0.25, 0.3) is 0 Å². The number of aromatic nitrogens is 4. The minimum Gasteiger partial charge on any atom is -0.393 e. The molecule has 2 fully saturated rings. The molecule has 0 amide bonds. The van der Waals surface area contributed by atoms with Gasteiger partial charge >= 0.3 is 0 Å². The number of β-amino-alcohol motifs (C(OH)–C–C–N with tert-alkyl or cyclic N) is 1. The van der Waals surface area contributed by atoms with E-state index in [2.05, 4.69) is 20.4 Å². The van der Waals surface area contributed by atoms with Crippen LogP contribution >= 0.6 is 34.8 Å². The van der Waals surface area contributed by atoms with E-state index in [4.69, 9.17) is 39.9 Å². The molecule has 2 aliphatic rings. The molecule has 0 spiro atoms. The second kappa shape index (κ2) is 11.6. The van der Waals surface area contributed by atoms with Crippen molar-refractivity contribution in [1.29, 1.82) is 0 Å². The number of aliphatic hydroxyl groups is 2. The molecule has 1 aliphatic carbocycles. The van der Waals surface area contributed by atoms with Crippen molar-refractivity contribution >= 4 is 40.6 Å². The lowest BCUT2D eigenvalue weighted by Gasteiger charge is -2.14. The SMILES string of the molecule is Clc1ccc(Cl)nn1.OC1CCCC1.O[C@@H]1CCN(c2ccc(Cl)nn2)C1. The molecule has 2 N–H and O–H groups in total. The van der Waals surface area contributed by atoms with E-state index in [1.807, 2.05) is 11.0 Å². The second-order valence-electron chi connectivity index (χ2n) is 6.22. The van der Waals surface area contributed by atoms with Crippen LogP contribution < -0.4 is 4.90 Å². The predicted octanol–water partition coefficient (Wildman–Crippen LogP) is 3.41. The van der Waals surface area contributed by atoms with E-state index in [1.54, 1.807) is 18.2 Å². The van der Waals surface area contributed by atoms with Crippen molar-refractivity contribution in [3.63, 3.8) is 0 Å². The highest BCUT2D eigenvalue weighted by Crippen LogP contribution is 2.18. The van der Waals surface area contributed by atoms with Gasteiger partial charge < -0.3 is 15.1 Å². The summed E-state index contributed by atoms with van der Waals surface area (Å²) in [5.41, 5.74) is 0. The van der Waals surface area contributed by atoms with Gasteiger partial charge in [-0.3, -0.25) is 0 Å². The Morgan fingerprint density at radius 3 is 1.59 bits per heavy atom. The average Bonchev–Trinajstić information content (AvgIpc) is 3.30. The molecule has 0 unspecified atom stereocenters. The molecular weight excluding hydrogens is 413 g/mol. The van der Waals surface area contributed by atoms with Crippen molar-refractivity contribution in [2.24, 2.45) is 0 Å². The average molecular weight is 435 g/mol. The van der Waals surface area contributed by atoms with Crippen molar-refractivity contribution in [1.82, 2.24) is 20.4 Å². The summed E-state index contributed by atoms with van der Waals surface area (Å²) in [7, 11) is 0. The van der Waals surface area contributed by atoms with E-state index in [1.165, 1.54) is 12.8 Å². The summed E-state index contributed by atoms with van der Waals surface area (Å²) in [5.74, 6) is 0.779. The van der Waals surface area contributed by atoms with Gasteiger partial charge in [-0.05, 0) is 43.5 Å². The van der Waals surface area contributed by atoms with Crippen LogP contribution in [0.1, 0.15) is 32.1 Å². The number of halogens is 3. The lowest BCUT2D eigenvalue weighted by Crippen LogP contribution is -2.22. The zero-order chi connectivity index (χ0) is 19.6. The highest BCUT2D eigenvalue weighted by molar-refractivity contribution is 6.31. The van der Waals surface area contributed by atoms with E-state index >= 15 is 0 Å². The third-order valence-corrected chi connectivity index (χ3v) is 4.63. The first-order chi connectivity index (χ1) is 12.9. The van der Waals surface area contributed by atoms with Gasteiger partial charge in [-0.25, -0.2) is 0 Å². The monoisotopic (exact) mass is 433 g/mol. The van der Waals surface area contributed by atoms with Gasteiger partial charge in [0.15, 0.2) is 21.3 Å². The molecule has 1 saturated carbocycles. The third kappa shape index (κ3) is 8.53. The van der Waals surface area contributed by atoms with Crippen LogP contribution in [0, 0.1) is 0 Å². The molecule has 1 aliphatic heterocycles. The van der Waals surface area contributed by atoms with Gasteiger partial charge in [0.2, 0.25) is 0 Å². The Morgan fingerprint density at radius 2 is 1.26 bits per heavy atom. The number of rotatable bonds is 1. The van der Waals surface area contributed by atoms with Crippen LogP contribution in [0.4, 0.5) is 5.82 Å². The summed E-state index contributed by atoms with van der Waals surface area (Å²) < 4.78 is 0. The van der Waals surface area contributed by atoms with Crippen molar-refractivity contribution in [2.45, 2.75) is 44.3 Å². The van der Waals surface area contributed by atoms with E-state index in [0.717, 1.165) is 31.6 Å². The summed E-state index contributed by atoms with van der Waals surface area (Å²) in [6, 6.07) is 6.68. The molecule has 2 aromatic heterocycles. The van der Waals surface area contributed by atoms with E-state index in [0.29, 0.717) is 22.0 Å². The van der Waals surface area contributed by atoms with Crippen molar-refractivity contribution in [2.75, 3.05) is 18.0 Å². The van der Waals surface area contributed by atoms with Crippen molar-refractivity contribution in [3.05, 3.63) is 39.7 Å². The fourth-order valence-corrected chi connectivity index (χ4v) is 2.93. The van der Waals surface area contributed by atoms with E-state index in [9.17, 15) is 5.11 Å². The lowest BCUT2D eigenvalue weighted by atomic mass is 10.3. The first-order valence-corrected chi connectivity index (χ1v) is 9.82. The molecule has 0 aromatic carbocycles. The number of aliphatic hydroxyl groups excluding tert-OH is 2. The number of anilines is 1. The van der Waals surface area contributed by atoms with Crippen LogP contribution in [-0.2, 0) is 0 Å². The molecule has 3 heterocycles. The van der Waals surface area contributed by atoms with E-state index in [-0.39, 0.29) is 12.2 Å². The largest absolute Gasteiger partial charge is 0.393 e. The highest BCUT2D eigenvalue weighted by atomic mass is 35.5. The van der Waals surface area contributed by atoms with Crippen molar-refractivity contribution in [3.8, 4) is 0 Å². The minimum absolute atomic E-state index is 0.0463. The van der Waals surface area contributed by atoms with Gasteiger partial charge in [-0.15, -0.1) is 20.4 Å². The van der Waals surface area contributed by atoms with Crippen molar-refractivity contribution < 1.29 is 10.2 Å². The summed E-state index contributed by atoms with van der Waals surface area (Å²) in [5, 5.41) is 33.7. The molecule has 7 nitrogen and oxygen atoms in total. The Balaban J connectivity index is 0.000000159. The maximum Gasteiger partial charge on any atom is 0.151 e. The van der Waals surface area contributed by atoms with Gasteiger partial charge in [0.1, 0.15) is 0 Å². The first-order valence-electron chi connectivity index (χ1n) is 8.69. The van der Waals surface area contributed by atoms with Crippen LogP contribution in [0.2, 0.25) is 15.5 Å². The molecule has 2 aromatic rings.